The Morgan fingerprint density at radius 2 is 2.05 bits per heavy atom. The number of fused-ring (bicyclic) bond motifs is 3. The summed E-state index contributed by atoms with van der Waals surface area (Å²) < 4.78 is 41.7. The fraction of sp³-hybridized carbons (Fsp3) is 0.500. The zero-order chi connectivity index (χ0) is 31.7. The van der Waals surface area contributed by atoms with Crippen LogP contribution in [0.5, 0.6) is 5.75 Å². The lowest BCUT2D eigenvalue weighted by molar-refractivity contribution is -0.124. The van der Waals surface area contributed by atoms with Crippen molar-refractivity contribution in [2.75, 3.05) is 38.3 Å². The van der Waals surface area contributed by atoms with Gasteiger partial charge in [0.1, 0.15) is 5.75 Å². The number of ether oxygens (including phenoxy) is 2. The Labute approximate surface area is 266 Å². The van der Waals surface area contributed by atoms with Gasteiger partial charge in [-0.3, -0.25) is 4.79 Å². The van der Waals surface area contributed by atoms with Crippen molar-refractivity contribution in [1.29, 1.82) is 0 Å². The van der Waals surface area contributed by atoms with Gasteiger partial charge in [-0.2, -0.15) is 0 Å². The Morgan fingerprint density at radius 3 is 2.73 bits per heavy atom. The highest BCUT2D eigenvalue weighted by Gasteiger charge is 2.44. The van der Waals surface area contributed by atoms with Crippen LogP contribution in [0.4, 0.5) is 5.69 Å². The molecule has 0 aromatic heterocycles. The van der Waals surface area contributed by atoms with Gasteiger partial charge in [-0.25, -0.2) is 13.1 Å². The molecule has 5 rings (SSSR count). The number of nitrogens with one attached hydrogen (secondary N) is 2. The number of amides is 1. The van der Waals surface area contributed by atoms with E-state index in [4.69, 9.17) is 21.1 Å². The molecule has 1 amide bonds. The Balaban J connectivity index is 1.51. The number of halogens is 1. The summed E-state index contributed by atoms with van der Waals surface area (Å²) in [7, 11) is -2.45. The van der Waals surface area contributed by atoms with Gasteiger partial charge in [-0.1, -0.05) is 29.8 Å². The van der Waals surface area contributed by atoms with Crippen molar-refractivity contribution < 1.29 is 22.7 Å². The fourth-order valence-electron chi connectivity index (χ4n) is 6.96. The molecule has 44 heavy (non-hydrogen) atoms. The van der Waals surface area contributed by atoms with E-state index in [1.54, 1.807) is 39.2 Å². The summed E-state index contributed by atoms with van der Waals surface area (Å²) in [5.41, 5.74) is 1.79. The zero-order valence-corrected chi connectivity index (χ0v) is 27.5. The maximum atomic E-state index is 13.6. The molecule has 2 aliphatic carbocycles. The average Bonchev–Trinajstić information content (AvgIpc) is 3.13. The molecule has 10 heteroatoms. The number of carbonyl (C=O) groups is 1. The largest absolute Gasteiger partial charge is 0.490 e. The number of benzene rings is 2. The van der Waals surface area contributed by atoms with Gasteiger partial charge in [0.25, 0.3) is 15.9 Å². The van der Waals surface area contributed by atoms with E-state index in [1.807, 2.05) is 12.1 Å². The minimum Gasteiger partial charge on any atom is -0.490 e. The number of carbonyl (C=O) groups excluding carboxylic acids is 1. The third-order valence-corrected chi connectivity index (χ3v) is 11.2. The molecule has 8 nitrogen and oxygen atoms in total. The van der Waals surface area contributed by atoms with Gasteiger partial charge in [-0.15, -0.1) is 13.2 Å². The first-order valence-corrected chi connectivity index (χ1v) is 17.2. The van der Waals surface area contributed by atoms with Gasteiger partial charge in [0.2, 0.25) is 0 Å². The van der Waals surface area contributed by atoms with E-state index in [0.29, 0.717) is 49.5 Å². The lowest BCUT2D eigenvalue weighted by Gasteiger charge is -2.46. The molecule has 4 atom stereocenters. The minimum atomic E-state index is -4.17. The SMILES string of the molecule is C=CCNC(C)(C)C(=O)NS(=O)(=O)c1ccc2c(c1)N(C[C@@H]1CC[C@H]1[C@@H](C=C)OC)C[C@@]1(CCCc3cc(Cl)ccc31)CO2. The summed E-state index contributed by atoms with van der Waals surface area (Å²) in [5, 5.41) is 3.73. The first-order valence-electron chi connectivity index (χ1n) is 15.3. The van der Waals surface area contributed by atoms with Gasteiger partial charge < -0.3 is 19.7 Å². The van der Waals surface area contributed by atoms with Crippen molar-refractivity contribution in [3.05, 3.63) is 77.9 Å². The van der Waals surface area contributed by atoms with Crippen molar-refractivity contribution in [3.63, 3.8) is 0 Å². The number of hydrogen-bond donors (Lipinski definition) is 2. The molecule has 1 spiro atoms. The number of sulfonamides is 1. The lowest BCUT2D eigenvalue weighted by Crippen LogP contribution is -2.53. The summed E-state index contributed by atoms with van der Waals surface area (Å²) >= 11 is 6.40. The molecule has 0 unspecified atom stereocenters. The predicted molar refractivity (Wildman–Crippen MR) is 175 cm³/mol. The number of rotatable bonds is 11. The molecule has 1 fully saturated rings. The Morgan fingerprint density at radius 1 is 1.25 bits per heavy atom. The van der Waals surface area contributed by atoms with Crippen molar-refractivity contribution in [3.8, 4) is 5.75 Å². The summed E-state index contributed by atoms with van der Waals surface area (Å²) in [6.45, 7) is 13.1. The van der Waals surface area contributed by atoms with E-state index in [1.165, 1.54) is 17.2 Å². The van der Waals surface area contributed by atoms with Crippen LogP contribution >= 0.6 is 11.6 Å². The lowest BCUT2D eigenvalue weighted by atomic mass is 9.68. The predicted octanol–water partition coefficient (Wildman–Crippen LogP) is 5.40. The Bertz CT molecular complexity index is 1530. The topological polar surface area (TPSA) is 97.0 Å². The molecule has 1 heterocycles. The number of anilines is 1. The molecular weight excluding hydrogens is 598 g/mol. The smallest absolute Gasteiger partial charge is 0.264 e. The van der Waals surface area contributed by atoms with Crippen LogP contribution in [0.2, 0.25) is 5.02 Å². The first kappa shape index (κ1) is 32.5. The van der Waals surface area contributed by atoms with Crippen molar-refractivity contribution in [2.24, 2.45) is 11.8 Å². The van der Waals surface area contributed by atoms with Crippen molar-refractivity contribution in [2.45, 2.75) is 67.9 Å². The highest BCUT2D eigenvalue weighted by Crippen LogP contribution is 2.47. The second-order valence-corrected chi connectivity index (χ2v) is 15.0. The van der Waals surface area contributed by atoms with Gasteiger partial charge in [-0.05, 0) is 99.2 Å². The highest BCUT2D eigenvalue weighted by molar-refractivity contribution is 7.90. The van der Waals surface area contributed by atoms with Crippen LogP contribution in [0.3, 0.4) is 0 Å². The quantitative estimate of drug-likeness (QED) is 0.317. The number of nitrogens with zero attached hydrogens (tertiary/aromatic N) is 1. The highest BCUT2D eigenvalue weighted by atomic mass is 35.5. The van der Waals surface area contributed by atoms with Crippen molar-refractivity contribution >= 4 is 33.2 Å². The maximum Gasteiger partial charge on any atom is 0.264 e. The monoisotopic (exact) mass is 641 g/mol. The summed E-state index contributed by atoms with van der Waals surface area (Å²) in [4.78, 5) is 15.3. The summed E-state index contributed by atoms with van der Waals surface area (Å²) in [5.74, 6) is 0.649. The van der Waals surface area contributed by atoms with Gasteiger partial charge in [0, 0.05) is 37.2 Å². The second kappa shape index (κ2) is 12.9. The fourth-order valence-corrected chi connectivity index (χ4v) is 8.29. The molecule has 3 aliphatic rings. The van der Waals surface area contributed by atoms with Crippen LogP contribution in [0, 0.1) is 11.8 Å². The van der Waals surface area contributed by atoms with Crippen LogP contribution in [0.1, 0.15) is 50.7 Å². The van der Waals surface area contributed by atoms with Gasteiger partial charge >= 0.3 is 0 Å². The Hall–Kier alpha value is -2.85. The average molecular weight is 642 g/mol. The maximum absolute atomic E-state index is 13.6. The third kappa shape index (κ3) is 6.43. The molecule has 0 bridgehead atoms. The summed E-state index contributed by atoms with van der Waals surface area (Å²) in [6, 6.07) is 11.0. The normalized spacial score (nSPS) is 23.8. The van der Waals surface area contributed by atoms with Crippen LogP contribution in [-0.2, 0) is 31.4 Å². The number of methoxy groups -OCH3 is 1. The molecular formula is C34H44ClN3O5S. The van der Waals surface area contributed by atoms with Crippen LogP contribution in [0.15, 0.2) is 66.6 Å². The Kier molecular flexibility index (Phi) is 9.52. The molecule has 2 aromatic carbocycles. The molecule has 1 aliphatic heterocycles. The van der Waals surface area contributed by atoms with E-state index in [-0.39, 0.29) is 16.4 Å². The van der Waals surface area contributed by atoms with E-state index in [0.717, 1.165) is 37.1 Å². The molecule has 0 saturated heterocycles. The first-order chi connectivity index (χ1) is 20.9. The number of aryl methyl sites for hydroxylation is 1. The second-order valence-electron chi connectivity index (χ2n) is 12.9. The molecule has 2 N–H and O–H groups in total. The van der Waals surface area contributed by atoms with Gasteiger partial charge in [0.05, 0.1) is 28.8 Å². The molecule has 2 aromatic rings. The molecule has 238 valence electrons. The standard InChI is InChI=1S/C34H44ClN3O5S/c1-6-17-36-33(3,4)32(39)37-44(40,41)26-12-15-31-29(19-26)38(20-24-10-13-27(24)30(7-2)42-5)21-34(22-43-31)16-8-9-23-18-25(35)11-14-28(23)34/h6-7,11-12,14-15,18-19,24,27,30,36H,1-2,8-10,13,16-17,20-22H2,3-5H3,(H,37,39)/t24-,27+,30+,34-/m0/s1. The molecule has 0 radical (unpaired) electrons. The van der Waals surface area contributed by atoms with Crippen LogP contribution in [0.25, 0.3) is 0 Å². The third-order valence-electron chi connectivity index (χ3n) is 9.66. The number of hydrogen-bond acceptors (Lipinski definition) is 7. The van der Waals surface area contributed by atoms with E-state index in [9.17, 15) is 13.2 Å². The van der Waals surface area contributed by atoms with Crippen LogP contribution < -0.4 is 19.7 Å². The van der Waals surface area contributed by atoms with E-state index < -0.39 is 21.5 Å². The zero-order valence-electron chi connectivity index (χ0n) is 25.9. The van der Waals surface area contributed by atoms with E-state index in [2.05, 4.69) is 40.2 Å². The van der Waals surface area contributed by atoms with E-state index >= 15 is 0 Å². The van der Waals surface area contributed by atoms with Gasteiger partial charge in [0.15, 0.2) is 0 Å². The van der Waals surface area contributed by atoms with Crippen LogP contribution in [-0.4, -0.2) is 59.3 Å². The van der Waals surface area contributed by atoms with Crippen molar-refractivity contribution in [1.82, 2.24) is 10.0 Å². The molecule has 1 saturated carbocycles. The minimum absolute atomic E-state index is 0.00974. The summed E-state index contributed by atoms with van der Waals surface area (Å²) in [6.07, 6.45) is 8.47.